The summed E-state index contributed by atoms with van der Waals surface area (Å²) >= 11 is 12.9. The quantitative estimate of drug-likeness (QED) is 0.649. The lowest BCUT2D eigenvalue weighted by Gasteiger charge is -2.28. The minimum absolute atomic E-state index is 0.0840. The summed E-state index contributed by atoms with van der Waals surface area (Å²) in [6, 6.07) is 5.78. The molecule has 0 unspecified atom stereocenters. The van der Waals surface area contributed by atoms with Crippen molar-refractivity contribution < 1.29 is 4.79 Å². The SMILES string of the molecule is O=C(c1ccc(Br)c(Cl)c1)N(CCBr)C1CCCC1. The van der Waals surface area contributed by atoms with Crippen LogP contribution >= 0.6 is 43.5 Å². The van der Waals surface area contributed by atoms with E-state index < -0.39 is 0 Å². The second kappa shape index (κ2) is 7.09. The van der Waals surface area contributed by atoms with E-state index in [0.717, 1.165) is 29.2 Å². The van der Waals surface area contributed by atoms with Crippen LogP contribution in [0.3, 0.4) is 0 Å². The standard InChI is InChI=1S/C14H16Br2ClNO/c15-7-8-18(11-3-1-2-4-11)14(19)10-5-6-12(16)13(17)9-10/h5-6,9,11H,1-4,7-8H2. The van der Waals surface area contributed by atoms with Gasteiger partial charge in [0.2, 0.25) is 0 Å². The number of alkyl halides is 1. The molecule has 2 rings (SSSR count). The van der Waals surface area contributed by atoms with E-state index in [9.17, 15) is 4.79 Å². The Morgan fingerprint density at radius 2 is 2.05 bits per heavy atom. The predicted octanol–water partition coefficient (Wildman–Crippen LogP) is 4.88. The Balaban J connectivity index is 2.20. The van der Waals surface area contributed by atoms with E-state index >= 15 is 0 Å². The highest BCUT2D eigenvalue weighted by Crippen LogP contribution is 2.27. The molecule has 1 aliphatic carbocycles. The largest absolute Gasteiger partial charge is 0.335 e. The van der Waals surface area contributed by atoms with Gasteiger partial charge in [-0.05, 0) is 47.0 Å². The van der Waals surface area contributed by atoms with Crippen molar-refractivity contribution in [2.24, 2.45) is 0 Å². The number of hydrogen-bond acceptors (Lipinski definition) is 1. The monoisotopic (exact) mass is 407 g/mol. The first-order valence-corrected chi connectivity index (χ1v) is 8.74. The average molecular weight is 410 g/mol. The van der Waals surface area contributed by atoms with Crippen LogP contribution in [0.25, 0.3) is 0 Å². The summed E-state index contributed by atoms with van der Waals surface area (Å²) in [6.45, 7) is 0.747. The van der Waals surface area contributed by atoms with Gasteiger partial charge in [-0.1, -0.05) is 40.4 Å². The second-order valence-electron chi connectivity index (χ2n) is 4.75. The van der Waals surface area contributed by atoms with Gasteiger partial charge in [-0.25, -0.2) is 0 Å². The molecule has 5 heteroatoms. The molecular formula is C14H16Br2ClNO. The molecule has 0 radical (unpaired) electrons. The number of carbonyl (C=O) groups excluding carboxylic acids is 1. The molecule has 0 N–H and O–H groups in total. The maximum Gasteiger partial charge on any atom is 0.254 e. The van der Waals surface area contributed by atoms with Gasteiger partial charge in [-0.2, -0.15) is 0 Å². The van der Waals surface area contributed by atoms with Crippen molar-refractivity contribution in [3.63, 3.8) is 0 Å². The first-order valence-electron chi connectivity index (χ1n) is 6.45. The van der Waals surface area contributed by atoms with E-state index in [-0.39, 0.29) is 5.91 Å². The summed E-state index contributed by atoms with van der Waals surface area (Å²) in [6.07, 6.45) is 4.67. The molecule has 0 spiro atoms. The van der Waals surface area contributed by atoms with Crippen LogP contribution in [-0.4, -0.2) is 28.7 Å². The van der Waals surface area contributed by atoms with Gasteiger partial charge in [-0.3, -0.25) is 4.79 Å². The van der Waals surface area contributed by atoms with Crippen LogP contribution in [0.4, 0.5) is 0 Å². The molecule has 0 aromatic heterocycles. The van der Waals surface area contributed by atoms with Crippen molar-refractivity contribution in [1.29, 1.82) is 0 Å². The summed E-state index contributed by atoms with van der Waals surface area (Å²) in [4.78, 5) is 14.6. The molecule has 0 atom stereocenters. The molecule has 0 aliphatic heterocycles. The fraction of sp³-hybridized carbons (Fsp3) is 0.500. The maximum atomic E-state index is 12.6. The van der Waals surface area contributed by atoms with Crippen LogP contribution in [0.15, 0.2) is 22.7 Å². The van der Waals surface area contributed by atoms with E-state index in [2.05, 4.69) is 31.9 Å². The van der Waals surface area contributed by atoms with Gasteiger partial charge in [0, 0.05) is 28.0 Å². The smallest absolute Gasteiger partial charge is 0.254 e. The number of amides is 1. The number of halogens is 3. The Morgan fingerprint density at radius 1 is 1.37 bits per heavy atom. The Bertz CT molecular complexity index is 461. The first-order chi connectivity index (χ1) is 9.13. The van der Waals surface area contributed by atoms with Crippen LogP contribution < -0.4 is 0 Å². The third-order valence-corrected chi connectivity index (χ3v) is 5.11. The third-order valence-electron chi connectivity index (χ3n) is 3.52. The van der Waals surface area contributed by atoms with Gasteiger partial charge in [0.1, 0.15) is 0 Å². The molecule has 0 bridgehead atoms. The number of hydrogen-bond donors (Lipinski definition) is 0. The number of nitrogens with zero attached hydrogens (tertiary/aromatic N) is 1. The van der Waals surface area contributed by atoms with Crippen molar-refractivity contribution in [3.8, 4) is 0 Å². The Kier molecular flexibility index (Phi) is 5.72. The van der Waals surface area contributed by atoms with Crippen molar-refractivity contribution in [2.75, 3.05) is 11.9 Å². The van der Waals surface area contributed by atoms with E-state index in [0.29, 0.717) is 16.6 Å². The fourth-order valence-electron chi connectivity index (χ4n) is 2.55. The van der Waals surface area contributed by atoms with E-state index in [4.69, 9.17) is 11.6 Å². The minimum atomic E-state index is 0.0840. The zero-order valence-corrected chi connectivity index (χ0v) is 14.5. The topological polar surface area (TPSA) is 20.3 Å². The normalized spacial score (nSPS) is 15.7. The second-order valence-corrected chi connectivity index (χ2v) is 6.81. The summed E-state index contributed by atoms with van der Waals surface area (Å²) < 4.78 is 0.818. The number of benzene rings is 1. The van der Waals surface area contributed by atoms with E-state index in [1.807, 2.05) is 17.0 Å². The van der Waals surface area contributed by atoms with E-state index in [1.54, 1.807) is 6.07 Å². The van der Waals surface area contributed by atoms with Crippen molar-refractivity contribution in [1.82, 2.24) is 4.90 Å². The van der Waals surface area contributed by atoms with Gasteiger partial charge < -0.3 is 4.90 Å². The van der Waals surface area contributed by atoms with Gasteiger partial charge in [0.15, 0.2) is 0 Å². The summed E-state index contributed by atoms with van der Waals surface area (Å²) in [5, 5.41) is 1.38. The van der Waals surface area contributed by atoms with Crippen LogP contribution in [0.1, 0.15) is 36.0 Å². The minimum Gasteiger partial charge on any atom is -0.335 e. The highest BCUT2D eigenvalue weighted by Gasteiger charge is 2.27. The highest BCUT2D eigenvalue weighted by atomic mass is 79.9. The van der Waals surface area contributed by atoms with Crippen LogP contribution in [0.5, 0.6) is 0 Å². The molecule has 0 heterocycles. The van der Waals surface area contributed by atoms with Crippen molar-refractivity contribution >= 4 is 49.4 Å². The lowest BCUT2D eigenvalue weighted by atomic mass is 10.1. The predicted molar refractivity (Wildman–Crippen MR) is 86.2 cm³/mol. The van der Waals surface area contributed by atoms with E-state index in [1.165, 1.54) is 12.8 Å². The summed E-state index contributed by atoms with van der Waals surface area (Å²) in [5.41, 5.74) is 0.668. The third kappa shape index (κ3) is 3.73. The lowest BCUT2D eigenvalue weighted by molar-refractivity contribution is 0.0696. The zero-order chi connectivity index (χ0) is 13.8. The van der Waals surface area contributed by atoms with Gasteiger partial charge in [-0.15, -0.1) is 0 Å². The molecule has 19 heavy (non-hydrogen) atoms. The van der Waals surface area contributed by atoms with Crippen LogP contribution in [-0.2, 0) is 0 Å². The molecule has 1 saturated carbocycles. The molecule has 0 saturated heterocycles. The van der Waals surface area contributed by atoms with Crippen LogP contribution in [0.2, 0.25) is 5.02 Å². The van der Waals surface area contributed by atoms with Gasteiger partial charge >= 0.3 is 0 Å². The van der Waals surface area contributed by atoms with Crippen molar-refractivity contribution in [2.45, 2.75) is 31.7 Å². The first kappa shape index (κ1) is 15.3. The molecule has 2 nitrogen and oxygen atoms in total. The molecule has 1 aromatic carbocycles. The molecule has 1 aliphatic rings. The molecular weight excluding hydrogens is 393 g/mol. The molecule has 1 aromatic rings. The summed E-state index contributed by atoms with van der Waals surface area (Å²) in [5.74, 6) is 0.0840. The Morgan fingerprint density at radius 3 is 2.63 bits per heavy atom. The van der Waals surface area contributed by atoms with Gasteiger partial charge in [0.25, 0.3) is 5.91 Å². The highest BCUT2D eigenvalue weighted by molar-refractivity contribution is 9.10. The fourth-order valence-corrected chi connectivity index (χ4v) is 3.36. The Labute approximate surface area is 135 Å². The van der Waals surface area contributed by atoms with Crippen molar-refractivity contribution in [3.05, 3.63) is 33.3 Å². The molecule has 1 fully saturated rings. The number of carbonyl (C=O) groups is 1. The zero-order valence-electron chi connectivity index (χ0n) is 10.5. The number of rotatable bonds is 4. The maximum absolute atomic E-state index is 12.6. The van der Waals surface area contributed by atoms with Gasteiger partial charge in [0.05, 0.1) is 5.02 Å². The summed E-state index contributed by atoms with van der Waals surface area (Å²) in [7, 11) is 0. The average Bonchev–Trinajstić information content (AvgIpc) is 2.92. The lowest BCUT2D eigenvalue weighted by Crippen LogP contribution is -2.40. The Hall–Kier alpha value is -0.0600. The molecule has 104 valence electrons. The van der Waals surface area contributed by atoms with Crippen LogP contribution in [0, 0.1) is 0 Å². The molecule has 1 amide bonds.